The lowest BCUT2D eigenvalue weighted by Crippen LogP contribution is -2.37. The van der Waals surface area contributed by atoms with Crippen LogP contribution < -0.4 is 0 Å². The molecule has 1 aromatic carbocycles. The third-order valence-corrected chi connectivity index (χ3v) is 7.09. The number of thioether (sulfide) groups is 1. The molecule has 5 heteroatoms. The van der Waals surface area contributed by atoms with E-state index < -0.39 is 0 Å². The Morgan fingerprint density at radius 3 is 2.54 bits per heavy atom. The number of unbranched alkanes of at least 4 members (excludes halogenated alkanes) is 7. The van der Waals surface area contributed by atoms with Crippen LogP contribution in [0.4, 0.5) is 0 Å². The molecule has 0 spiro atoms. The van der Waals surface area contributed by atoms with Crippen LogP contribution in [0.5, 0.6) is 0 Å². The number of hydrogen-bond acceptors (Lipinski definition) is 5. The summed E-state index contributed by atoms with van der Waals surface area (Å²) >= 11 is 1.95. The summed E-state index contributed by atoms with van der Waals surface area (Å²) < 4.78 is 5.57. The van der Waals surface area contributed by atoms with Crippen LogP contribution in [0.15, 0.2) is 30.3 Å². The van der Waals surface area contributed by atoms with E-state index in [0.29, 0.717) is 18.6 Å². The first-order valence-corrected chi connectivity index (χ1v) is 12.2. The van der Waals surface area contributed by atoms with Crippen molar-refractivity contribution in [2.75, 3.05) is 32.0 Å². The van der Waals surface area contributed by atoms with E-state index in [0.717, 1.165) is 25.3 Å². The van der Waals surface area contributed by atoms with Crippen molar-refractivity contribution in [2.45, 2.75) is 69.8 Å². The van der Waals surface area contributed by atoms with Gasteiger partial charge in [-0.3, -0.25) is 14.6 Å². The molecule has 2 atom stereocenters. The average molecular weight is 405 g/mol. The molecule has 2 aliphatic heterocycles. The summed E-state index contributed by atoms with van der Waals surface area (Å²) in [5.74, 6) is 1.08. The maximum Gasteiger partial charge on any atom is 0.320 e. The molecule has 0 amide bonds. The molecule has 4 nitrogen and oxygen atoms in total. The molecule has 3 rings (SSSR count). The standard InChI is InChI=1S/C23H36N2O2S/c1-2-3-4-5-6-7-8-12-16-27-22(26)19-25-21(20-13-10-9-11-14-20)18-24-15-17-28-23(24)25/h9-11,13-14,21,23H,2-8,12,15-19H2,1H3. The summed E-state index contributed by atoms with van der Waals surface area (Å²) in [6, 6.07) is 10.9. The second-order valence-electron chi connectivity index (χ2n) is 7.99. The Morgan fingerprint density at radius 2 is 1.79 bits per heavy atom. The van der Waals surface area contributed by atoms with E-state index in [4.69, 9.17) is 4.74 Å². The Kier molecular flexibility index (Phi) is 9.16. The van der Waals surface area contributed by atoms with Gasteiger partial charge in [0.25, 0.3) is 0 Å². The monoisotopic (exact) mass is 404 g/mol. The molecule has 156 valence electrons. The van der Waals surface area contributed by atoms with Gasteiger partial charge in [-0.05, 0) is 12.0 Å². The summed E-state index contributed by atoms with van der Waals surface area (Å²) in [5.41, 5.74) is 1.62. The minimum atomic E-state index is -0.0711. The van der Waals surface area contributed by atoms with Gasteiger partial charge >= 0.3 is 5.97 Å². The molecule has 0 saturated carbocycles. The van der Waals surface area contributed by atoms with Gasteiger partial charge in [0.15, 0.2) is 0 Å². The zero-order valence-corrected chi connectivity index (χ0v) is 18.2. The molecular formula is C23H36N2O2S. The van der Waals surface area contributed by atoms with Gasteiger partial charge in [-0.2, -0.15) is 0 Å². The third kappa shape index (κ3) is 6.23. The van der Waals surface area contributed by atoms with Gasteiger partial charge in [0.1, 0.15) is 5.50 Å². The summed E-state index contributed by atoms with van der Waals surface area (Å²) in [6.45, 7) is 5.33. The van der Waals surface area contributed by atoms with Crippen molar-refractivity contribution in [1.82, 2.24) is 9.80 Å². The molecule has 2 unspecified atom stereocenters. The lowest BCUT2D eigenvalue weighted by Gasteiger charge is -2.27. The largest absolute Gasteiger partial charge is 0.465 e. The Bertz CT molecular complexity index is 583. The van der Waals surface area contributed by atoms with Gasteiger partial charge in [0.2, 0.25) is 0 Å². The topological polar surface area (TPSA) is 32.8 Å². The highest BCUT2D eigenvalue weighted by molar-refractivity contribution is 8.00. The fourth-order valence-electron chi connectivity index (χ4n) is 4.24. The van der Waals surface area contributed by atoms with E-state index in [1.54, 1.807) is 0 Å². The van der Waals surface area contributed by atoms with E-state index >= 15 is 0 Å². The summed E-state index contributed by atoms with van der Waals surface area (Å²) in [7, 11) is 0. The molecular weight excluding hydrogens is 368 g/mol. The van der Waals surface area contributed by atoms with Gasteiger partial charge in [-0.15, -0.1) is 11.8 Å². The maximum absolute atomic E-state index is 12.5. The van der Waals surface area contributed by atoms with Crippen molar-refractivity contribution in [2.24, 2.45) is 0 Å². The van der Waals surface area contributed by atoms with Crippen LogP contribution in [-0.4, -0.2) is 53.3 Å². The van der Waals surface area contributed by atoms with Crippen LogP contribution in [0.2, 0.25) is 0 Å². The molecule has 1 aromatic rings. The molecule has 2 saturated heterocycles. The van der Waals surface area contributed by atoms with Crippen LogP contribution in [0.3, 0.4) is 0 Å². The van der Waals surface area contributed by atoms with Gasteiger partial charge in [-0.25, -0.2) is 0 Å². The van der Waals surface area contributed by atoms with Crippen molar-refractivity contribution in [3.63, 3.8) is 0 Å². The number of rotatable bonds is 12. The van der Waals surface area contributed by atoms with Crippen LogP contribution in [0.1, 0.15) is 69.9 Å². The molecule has 0 aliphatic carbocycles. The number of carbonyl (C=O) groups excluding carboxylic acids is 1. The molecule has 2 aliphatic rings. The molecule has 28 heavy (non-hydrogen) atoms. The Labute approximate surface area is 175 Å². The van der Waals surface area contributed by atoms with Crippen LogP contribution in [0.25, 0.3) is 0 Å². The fourth-order valence-corrected chi connectivity index (χ4v) is 5.60. The zero-order chi connectivity index (χ0) is 19.6. The van der Waals surface area contributed by atoms with Crippen molar-refractivity contribution in [3.8, 4) is 0 Å². The van der Waals surface area contributed by atoms with E-state index in [2.05, 4.69) is 47.1 Å². The Morgan fingerprint density at radius 1 is 1.07 bits per heavy atom. The first kappa shape index (κ1) is 21.7. The zero-order valence-electron chi connectivity index (χ0n) is 17.4. The predicted octanol–water partition coefficient (Wildman–Crippen LogP) is 5.06. The van der Waals surface area contributed by atoms with Gasteiger partial charge in [-0.1, -0.05) is 82.2 Å². The lowest BCUT2D eigenvalue weighted by molar-refractivity contribution is -0.145. The molecule has 2 fully saturated rings. The molecule has 0 bridgehead atoms. The summed E-state index contributed by atoms with van der Waals surface area (Å²) in [5, 5.41) is 0. The average Bonchev–Trinajstić information content (AvgIpc) is 3.30. The second-order valence-corrected chi connectivity index (χ2v) is 9.15. The second kappa shape index (κ2) is 11.8. The smallest absolute Gasteiger partial charge is 0.320 e. The fraction of sp³-hybridized carbons (Fsp3) is 0.696. The molecule has 2 heterocycles. The first-order valence-electron chi connectivity index (χ1n) is 11.1. The highest BCUT2D eigenvalue weighted by Crippen LogP contribution is 2.40. The third-order valence-electron chi connectivity index (χ3n) is 5.81. The number of benzene rings is 1. The predicted molar refractivity (Wildman–Crippen MR) is 117 cm³/mol. The minimum absolute atomic E-state index is 0.0711. The highest BCUT2D eigenvalue weighted by atomic mass is 32.2. The minimum Gasteiger partial charge on any atom is -0.465 e. The van der Waals surface area contributed by atoms with Crippen LogP contribution in [-0.2, 0) is 9.53 Å². The van der Waals surface area contributed by atoms with E-state index in [1.807, 2.05) is 11.8 Å². The summed E-state index contributed by atoms with van der Waals surface area (Å²) in [4.78, 5) is 17.3. The highest BCUT2D eigenvalue weighted by Gasteiger charge is 2.43. The number of hydrogen-bond donors (Lipinski definition) is 0. The first-order chi connectivity index (χ1) is 13.8. The van der Waals surface area contributed by atoms with Crippen LogP contribution in [0, 0.1) is 0 Å². The van der Waals surface area contributed by atoms with Gasteiger partial charge in [0, 0.05) is 18.8 Å². The Balaban J connectivity index is 1.38. The van der Waals surface area contributed by atoms with E-state index in [9.17, 15) is 4.79 Å². The SMILES string of the molecule is CCCCCCCCCCOC(=O)CN1C(c2ccccc2)CN2CCSC21. The number of nitrogens with zero attached hydrogens (tertiary/aromatic N) is 2. The maximum atomic E-state index is 12.5. The summed E-state index contributed by atoms with van der Waals surface area (Å²) in [6.07, 6.45) is 10.1. The molecule has 0 aromatic heterocycles. The van der Waals surface area contributed by atoms with E-state index in [1.165, 1.54) is 50.5 Å². The van der Waals surface area contributed by atoms with Gasteiger partial charge in [0.05, 0.1) is 19.2 Å². The quantitative estimate of drug-likeness (QED) is 0.359. The van der Waals surface area contributed by atoms with Crippen molar-refractivity contribution in [1.29, 1.82) is 0 Å². The Hall–Kier alpha value is -1.04. The number of carbonyl (C=O) groups is 1. The van der Waals surface area contributed by atoms with Gasteiger partial charge < -0.3 is 4.74 Å². The number of ether oxygens (including phenoxy) is 1. The number of fused-ring (bicyclic) bond motifs is 1. The van der Waals surface area contributed by atoms with Crippen molar-refractivity contribution in [3.05, 3.63) is 35.9 Å². The van der Waals surface area contributed by atoms with Crippen molar-refractivity contribution >= 4 is 17.7 Å². The van der Waals surface area contributed by atoms with Crippen LogP contribution >= 0.6 is 11.8 Å². The number of esters is 1. The molecule has 0 radical (unpaired) electrons. The molecule has 0 N–H and O–H groups in total. The van der Waals surface area contributed by atoms with Crippen molar-refractivity contribution < 1.29 is 9.53 Å². The van der Waals surface area contributed by atoms with E-state index in [-0.39, 0.29) is 12.0 Å². The normalized spacial score (nSPS) is 22.5. The lowest BCUT2D eigenvalue weighted by atomic mass is 10.1.